The van der Waals surface area contributed by atoms with Crippen LogP contribution in [0.4, 0.5) is 8.78 Å². The number of alkyl halides is 2. The molecule has 10 nitrogen and oxygen atoms in total. The van der Waals surface area contributed by atoms with Crippen molar-refractivity contribution in [3.8, 4) is 0 Å². The molecule has 0 radical (unpaired) electrons. The Balaban J connectivity index is 0.000000222. The van der Waals surface area contributed by atoms with Gasteiger partial charge >= 0.3 is 0 Å². The Kier molecular flexibility index (Phi) is 10.4. The molecule has 0 aromatic carbocycles. The van der Waals surface area contributed by atoms with Crippen LogP contribution < -0.4 is 0 Å². The molecular weight excluding hydrogens is 605 g/mol. The number of halogens is 4. The van der Waals surface area contributed by atoms with Crippen LogP contribution >= 0.6 is 35.0 Å². The molecule has 0 spiro atoms. The van der Waals surface area contributed by atoms with E-state index in [-0.39, 0.29) is 16.2 Å². The first kappa shape index (κ1) is 31.6. The molecule has 0 fully saturated rings. The number of hydrogen-bond donors (Lipinski definition) is 0. The lowest BCUT2D eigenvalue weighted by Gasteiger charge is -2.26. The largest absolute Gasteiger partial charge is 0.247 e. The third-order valence-electron chi connectivity index (χ3n) is 5.73. The van der Waals surface area contributed by atoms with E-state index < -0.39 is 36.5 Å². The van der Waals surface area contributed by atoms with E-state index in [1.54, 1.807) is 25.4 Å². The van der Waals surface area contributed by atoms with Crippen LogP contribution in [0, 0.1) is 11.6 Å². The average Bonchev–Trinajstić information content (AvgIpc) is 2.94. The van der Waals surface area contributed by atoms with Gasteiger partial charge in [-0.2, -0.15) is 0 Å². The van der Waals surface area contributed by atoms with Gasteiger partial charge in [-0.3, -0.25) is 0 Å². The zero-order valence-corrected chi connectivity index (χ0v) is 24.8. The summed E-state index contributed by atoms with van der Waals surface area (Å²) in [7, 11) is -3.88. The van der Waals surface area contributed by atoms with Gasteiger partial charge < -0.3 is 0 Å². The molecule has 0 amide bonds. The summed E-state index contributed by atoms with van der Waals surface area (Å²) in [4.78, 5) is 28.8. The molecule has 0 aliphatic heterocycles. The second-order valence-corrected chi connectivity index (χ2v) is 13.7. The summed E-state index contributed by atoms with van der Waals surface area (Å²) in [5.41, 5.74) is 0. The molecular formula is C24H24Cl2F2N8O2S2. The number of sulfone groups is 1. The number of thioether (sulfide) groups is 1. The van der Waals surface area contributed by atoms with Gasteiger partial charge in [-0.05, 0) is 32.9 Å². The van der Waals surface area contributed by atoms with E-state index in [9.17, 15) is 17.2 Å². The van der Waals surface area contributed by atoms with Gasteiger partial charge in [-0.1, -0.05) is 18.7 Å². The van der Waals surface area contributed by atoms with Crippen molar-refractivity contribution in [1.29, 1.82) is 0 Å². The fourth-order valence-corrected chi connectivity index (χ4v) is 5.98. The summed E-state index contributed by atoms with van der Waals surface area (Å²) < 4.78 is 50.7. The third kappa shape index (κ3) is 7.62. The lowest BCUT2D eigenvalue weighted by atomic mass is 10.1. The molecule has 0 bridgehead atoms. The molecule has 0 aliphatic carbocycles. The Morgan fingerprint density at radius 1 is 0.725 bits per heavy atom. The first-order valence-electron chi connectivity index (χ1n) is 11.5. The fourth-order valence-electron chi connectivity index (χ4n) is 2.99. The van der Waals surface area contributed by atoms with Crippen molar-refractivity contribution in [1.82, 2.24) is 39.9 Å². The van der Waals surface area contributed by atoms with Crippen LogP contribution in [0.25, 0.3) is 0 Å². The Morgan fingerprint density at radius 2 is 1.12 bits per heavy atom. The summed E-state index contributed by atoms with van der Waals surface area (Å²) in [6.07, 6.45) is 10.1. The van der Waals surface area contributed by atoms with E-state index in [0.29, 0.717) is 11.0 Å². The molecule has 4 unspecified atom stereocenters. The quantitative estimate of drug-likeness (QED) is 0.152. The van der Waals surface area contributed by atoms with Gasteiger partial charge in [0.2, 0.25) is 15.0 Å². The highest BCUT2D eigenvalue weighted by Gasteiger charge is 2.43. The van der Waals surface area contributed by atoms with E-state index in [4.69, 9.17) is 23.2 Å². The van der Waals surface area contributed by atoms with Crippen LogP contribution in [0.3, 0.4) is 0 Å². The SMILES string of the molecule is CC(C(C)(Cl)c1ncc(F)cn1)S(=O)(=O)c1ncccn1.CC(Sc1ncccn1)C(C)(Cl)c1ncc(F)cn1. The van der Waals surface area contributed by atoms with Crippen molar-refractivity contribution < 1.29 is 17.2 Å². The van der Waals surface area contributed by atoms with Crippen LogP contribution in [0.5, 0.6) is 0 Å². The first-order chi connectivity index (χ1) is 18.8. The molecule has 212 valence electrons. The first-order valence-corrected chi connectivity index (χ1v) is 14.7. The van der Waals surface area contributed by atoms with Crippen molar-refractivity contribution in [3.05, 3.63) is 85.0 Å². The Bertz CT molecular complexity index is 1490. The molecule has 0 N–H and O–H groups in total. The van der Waals surface area contributed by atoms with Crippen LogP contribution in [-0.2, 0) is 19.6 Å². The smallest absolute Gasteiger partial charge is 0.236 e. The van der Waals surface area contributed by atoms with Crippen LogP contribution in [0.15, 0.2) is 72.0 Å². The molecule has 16 heteroatoms. The standard InChI is InChI=1S/C12H12ClFN4O2S.C12H12ClFN4S/c1-8(21(19,20)11-15-4-3-5-16-11)12(2,13)10-17-6-9(14)7-18-10;1-8(19-11-15-4-3-5-16-11)12(2,13)10-17-6-9(14)7-18-10/h3-8H,1-2H3;3-8H,1-2H3. The highest BCUT2D eigenvalue weighted by Crippen LogP contribution is 2.39. The monoisotopic (exact) mass is 628 g/mol. The zero-order valence-electron chi connectivity index (χ0n) is 21.7. The summed E-state index contributed by atoms with van der Waals surface area (Å²) in [5, 5.41) is -0.892. The molecule has 40 heavy (non-hydrogen) atoms. The number of rotatable bonds is 8. The average molecular weight is 630 g/mol. The highest BCUT2D eigenvalue weighted by atomic mass is 35.5. The minimum Gasteiger partial charge on any atom is -0.236 e. The lowest BCUT2D eigenvalue weighted by Crippen LogP contribution is -2.38. The van der Waals surface area contributed by atoms with Gasteiger partial charge in [-0.25, -0.2) is 57.1 Å². The van der Waals surface area contributed by atoms with E-state index in [1.165, 1.54) is 44.1 Å². The maximum absolute atomic E-state index is 12.9. The van der Waals surface area contributed by atoms with Crippen molar-refractivity contribution in [2.75, 3.05) is 0 Å². The zero-order chi connectivity index (χ0) is 29.6. The van der Waals surface area contributed by atoms with Crippen molar-refractivity contribution in [3.63, 3.8) is 0 Å². The van der Waals surface area contributed by atoms with Gasteiger partial charge in [0.25, 0.3) is 0 Å². The van der Waals surface area contributed by atoms with E-state index in [0.717, 1.165) is 24.8 Å². The molecule has 4 heterocycles. The molecule has 0 saturated heterocycles. The minimum atomic E-state index is -3.88. The van der Waals surface area contributed by atoms with Gasteiger partial charge in [0.05, 0.1) is 30.0 Å². The molecule has 4 rings (SSSR count). The van der Waals surface area contributed by atoms with E-state index in [2.05, 4.69) is 39.9 Å². The number of hydrogen-bond acceptors (Lipinski definition) is 11. The topological polar surface area (TPSA) is 137 Å². The highest BCUT2D eigenvalue weighted by molar-refractivity contribution is 7.99. The summed E-state index contributed by atoms with van der Waals surface area (Å²) in [6, 6.07) is 3.25. The fraction of sp³-hybridized carbons (Fsp3) is 0.333. The van der Waals surface area contributed by atoms with E-state index >= 15 is 0 Å². The van der Waals surface area contributed by atoms with Crippen molar-refractivity contribution in [2.45, 2.75) is 58.3 Å². The van der Waals surface area contributed by atoms with Crippen LogP contribution in [-0.4, -0.2) is 58.8 Å². The maximum atomic E-state index is 12.9. The maximum Gasteiger partial charge on any atom is 0.247 e. The van der Waals surface area contributed by atoms with Crippen LogP contribution in [0.1, 0.15) is 39.3 Å². The summed E-state index contributed by atoms with van der Waals surface area (Å²) >= 11 is 14.2. The Hall–Kier alpha value is -2.94. The van der Waals surface area contributed by atoms with Gasteiger partial charge in [0.1, 0.15) is 21.4 Å². The number of aromatic nitrogens is 8. The molecule has 0 saturated carbocycles. The Labute approximate surface area is 244 Å². The minimum absolute atomic E-state index is 0.0116. The van der Waals surface area contributed by atoms with Crippen LogP contribution in [0.2, 0.25) is 0 Å². The predicted octanol–water partition coefficient (Wildman–Crippen LogP) is 4.76. The molecule has 4 atom stereocenters. The van der Waals surface area contributed by atoms with Gasteiger partial charge in [0.15, 0.2) is 16.8 Å². The van der Waals surface area contributed by atoms with Crippen molar-refractivity contribution >= 4 is 44.8 Å². The third-order valence-corrected chi connectivity index (χ3v) is 10.3. The number of nitrogens with zero attached hydrogens (tertiary/aromatic N) is 8. The predicted molar refractivity (Wildman–Crippen MR) is 146 cm³/mol. The summed E-state index contributed by atoms with van der Waals surface area (Å²) in [6.45, 7) is 6.58. The molecule has 4 aromatic rings. The molecule has 4 aromatic heterocycles. The normalized spacial score (nSPS) is 16.0. The second-order valence-electron chi connectivity index (χ2n) is 8.61. The lowest BCUT2D eigenvalue weighted by molar-refractivity contribution is 0.528. The van der Waals surface area contributed by atoms with Gasteiger partial charge in [-0.15, -0.1) is 23.2 Å². The Morgan fingerprint density at radius 3 is 1.57 bits per heavy atom. The van der Waals surface area contributed by atoms with E-state index in [1.807, 2.05) is 6.92 Å². The molecule has 0 aliphatic rings. The summed E-state index contributed by atoms with van der Waals surface area (Å²) in [5.74, 6) is -0.722. The van der Waals surface area contributed by atoms with Crippen molar-refractivity contribution in [2.24, 2.45) is 0 Å². The second kappa shape index (κ2) is 13.1. The van der Waals surface area contributed by atoms with Gasteiger partial charge in [0, 0.05) is 30.0 Å².